The maximum absolute atomic E-state index is 12.4. The van der Waals surface area contributed by atoms with Gasteiger partial charge in [0.25, 0.3) is 0 Å². The summed E-state index contributed by atoms with van der Waals surface area (Å²) in [6.07, 6.45) is 0.643. The number of piperazine rings is 1. The number of rotatable bonds is 8. The van der Waals surface area contributed by atoms with E-state index in [0.29, 0.717) is 44.2 Å². The Balaban J connectivity index is 1.57. The highest BCUT2D eigenvalue weighted by Gasteiger charge is 2.26. The summed E-state index contributed by atoms with van der Waals surface area (Å²) >= 11 is 6.18. The van der Waals surface area contributed by atoms with Crippen molar-refractivity contribution in [3.8, 4) is 11.8 Å². The number of nitriles is 1. The highest BCUT2D eigenvalue weighted by atomic mass is 35.5. The van der Waals surface area contributed by atoms with E-state index in [2.05, 4.69) is 4.90 Å². The van der Waals surface area contributed by atoms with Crippen molar-refractivity contribution in [2.24, 2.45) is 0 Å². The molecular formula is C21H24ClN3O3S. The summed E-state index contributed by atoms with van der Waals surface area (Å²) in [5.74, 6) is 0.778. The molecule has 154 valence electrons. The van der Waals surface area contributed by atoms with Crippen LogP contribution in [0.4, 0.5) is 5.69 Å². The van der Waals surface area contributed by atoms with Crippen molar-refractivity contribution in [3.05, 3.63) is 59.1 Å². The van der Waals surface area contributed by atoms with Crippen molar-refractivity contribution in [2.75, 3.05) is 36.8 Å². The predicted octanol–water partition coefficient (Wildman–Crippen LogP) is 3.67. The van der Waals surface area contributed by atoms with E-state index in [-0.39, 0.29) is 12.2 Å². The normalized spacial score (nSPS) is 15.1. The average molecular weight is 434 g/mol. The predicted molar refractivity (Wildman–Crippen MR) is 115 cm³/mol. The number of nitrogens with zero attached hydrogens (tertiary/aromatic N) is 3. The van der Waals surface area contributed by atoms with E-state index in [4.69, 9.17) is 21.6 Å². The molecule has 0 unspecified atom stereocenters. The molecule has 0 aromatic heterocycles. The monoisotopic (exact) mass is 433 g/mol. The van der Waals surface area contributed by atoms with Crippen LogP contribution in [0.5, 0.6) is 5.75 Å². The van der Waals surface area contributed by atoms with Crippen LogP contribution in [0.1, 0.15) is 18.4 Å². The zero-order valence-electron chi connectivity index (χ0n) is 16.1. The Morgan fingerprint density at radius 2 is 1.83 bits per heavy atom. The number of hydrogen-bond acceptors (Lipinski definition) is 5. The van der Waals surface area contributed by atoms with Gasteiger partial charge >= 0.3 is 0 Å². The first-order valence-corrected chi connectivity index (χ1v) is 11.5. The molecular weight excluding hydrogens is 410 g/mol. The largest absolute Gasteiger partial charge is 0.489 e. The molecule has 2 aromatic rings. The molecule has 0 radical (unpaired) electrons. The first kappa shape index (κ1) is 21.4. The Morgan fingerprint density at radius 3 is 2.55 bits per heavy atom. The summed E-state index contributed by atoms with van der Waals surface area (Å²) in [7, 11) is -3.29. The van der Waals surface area contributed by atoms with Crippen LogP contribution in [0.2, 0.25) is 5.02 Å². The highest BCUT2D eigenvalue weighted by Crippen LogP contribution is 2.25. The van der Waals surface area contributed by atoms with E-state index < -0.39 is 10.0 Å². The molecule has 6 nitrogen and oxygen atoms in total. The molecule has 1 fully saturated rings. The number of ether oxygens (including phenoxy) is 1. The molecule has 2 aromatic carbocycles. The van der Waals surface area contributed by atoms with Crippen LogP contribution in [0.3, 0.4) is 0 Å². The molecule has 29 heavy (non-hydrogen) atoms. The minimum Gasteiger partial charge on any atom is -0.489 e. The summed E-state index contributed by atoms with van der Waals surface area (Å²) in [5, 5.41) is 9.27. The third kappa shape index (κ3) is 5.86. The molecule has 0 bridgehead atoms. The average Bonchev–Trinajstić information content (AvgIpc) is 2.74. The van der Waals surface area contributed by atoms with Gasteiger partial charge in [-0.2, -0.15) is 9.57 Å². The highest BCUT2D eigenvalue weighted by molar-refractivity contribution is 7.89. The maximum Gasteiger partial charge on any atom is 0.214 e. The second kappa shape index (κ2) is 9.97. The summed E-state index contributed by atoms with van der Waals surface area (Å²) in [4.78, 5) is 2.16. The molecule has 0 aliphatic carbocycles. The fourth-order valence-electron chi connectivity index (χ4n) is 3.23. The molecule has 0 amide bonds. The van der Waals surface area contributed by atoms with Gasteiger partial charge in [-0.15, -0.1) is 0 Å². The fourth-order valence-corrected chi connectivity index (χ4v) is 4.91. The van der Waals surface area contributed by atoms with Gasteiger partial charge in [-0.3, -0.25) is 0 Å². The maximum atomic E-state index is 12.4. The molecule has 1 saturated heterocycles. The summed E-state index contributed by atoms with van der Waals surface area (Å²) in [5.41, 5.74) is 1.93. The van der Waals surface area contributed by atoms with Crippen molar-refractivity contribution in [1.29, 1.82) is 5.26 Å². The fraction of sp³-hybridized carbons (Fsp3) is 0.381. The zero-order valence-corrected chi connectivity index (χ0v) is 17.7. The van der Waals surface area contributed by atoms with Gasteiger partial charge in [-0.05, 0) is 24.6 Å². The lowest BCUT2D eigenvalue weighted by Gasteiger charge is -2.35. The second-order valence-electron chi connectivity index (χ2n) is 6.84. The molecule has 0 atom stereocenters. The molecule has 1 aliphatic rings. The minimum absolute atomic E-state index is 0.0337. The van der Waals surface area contributed by atoms with Crippen LogP contribution in [0, 0.1) is 11.3 Å². The Labute approximate surface area is 177 Å². The topological polar surface area (TPSA) is 73.6 Å². The number of hydrogen-bond donors (Lipinski definition) is 0. The third-order valence-corrected chi connectivity index (χ3v) is 7.18. The van der Waals surface area contributed by atoms with Gasteiger partial charge in [0.1, 0.15) is 12.4 Å². The van der Waals surface area contributed by atoms with Gasteiger partial charge in [0.15, 0.2) is 0 Å². The SMILES string of the molecule is N#CCCCS(=O)(=O)N1CCN(c2cccc(OCc3ccccc3Cl)c2)CC1. The quantitative estimate of drug-likeness (QED) is 0.594. The van der Waals surface area contributed by atoms with Crippen LogP contribution in [0.25, 0.3) is 0 Å². The zero-order chi connectivity index (χ0) is 20.7. The van der Waals surface area contributed by atoms with Gasteiger partial charge in [0, 0.05) is 54.9 Å². The number of unbranched alkanes of at least 4 members (excludes halogenated alkanes) is 1. The number of anilines is 1. The number of sulfonamides is 1. The summed E-state index contributed by atoms with van der Waals surface area (Å²) in [6, 6.07) is 17.4. The van der Waals surface area contributed by atoms with Crippen LogP contribution in [0.15, 0.2) is 48.5 Å². The molecule has 1 heterocycles. The van der Waals surface area contributed by atoms with E-state index in [0.717, 1.165) is 17.0 Å². The Bertz CT molecular complexity index is 967. The van der Waals surface area contributed by atoms with Gasteiger partial charge in [0.05, 0.1) is 11.8 Å². The van der Waals surface area contributed by atoms with E-state index in [9.17, 15) is 8.42 Å². The molecule has 8 heteroatoms. The van der Waals surface area contributed by atoms with Crippen LogP contribution < -0.4 is 9.64 Å². The first-order chi connectivity index (χ1) is 14.0. The Morgan fingerprint density at radius 1 is 1.07 bits per heavy atom. The van der Waals surface area contributed by atoms with Crippen LogP contribution >= 0.6 is 11.6 Å². The molecule has 0 saturated carbocycles. The lowest BCUT2D eigenvalue weighted by Crippen LogP contribution is -2.49. The lowest BCUT2D eigenvalue weighted by atomic mass is 10.2. The van der Waals surface area contributed by atoms with Crippen LogP contribution in [-0.4, -0.2) is 44.7 Å². The van der Waals surface area contributed by atoms with Crippen molar-refractivity contribution in [1.82, 2.24) is 4.31 Å². The first-order valence-electron chi connectivity index (χ1n) is 9.55. The molecule has 0 N–H and O–H groups in total. The lowest BCUT2D eigenvalue weighted by molar-refractivity contribution is 0.306. The third-order valence-electron chi connectivity index (χ3n) is 4.86. The molecule has 3 rings (SSSR count). The van der Waals surface area contributed by atoms with Crippen molar-refractivity contribution in [3.63, 3.8) is 0 Å². The Kier molecular flexibility index (Phi) is 7.37. The van der Waals surface area contributed by atoms with Crippen LogP contribution in [-0.2, 0) is 16.6 Å². The Hall–Kier alpha value is -2.27. The van der Waals surface area contributed by atoms with E-state index in [1.165, 1.54) is 4.31 Å². The summed E-state index contributed by atoms with van der Waals surface area (Å²) < 4.78 is 32.2. The van der Waals surface area contributed by atoms with Gasteiger partial charge in [-0.1, -0.05) is 35.9 Å². The van der Waals surface area contributed by atoms with Crippen molar-refractivity contribution < 1.29 is 13.2 Å². The second-order valence-corrected chi connectivity index (χ2v) is 9.34. The standard InChI is InChI=1S/C21H24ClN3O3S/c22-21-9-2-1-6-18(21)17-28-20-8-5-7-19(16-20)24-11-13-25(14-12-24)29(26,27)15-4-3-10-23/h1-2,5-9,16H,3-4,11-15,17H2. The van der Waals surface area contributed by atoms with E-state index in [1.807, 2.05) is 54.6 Å². The summed E-state index contributed by atoms with van der Waals surface area (Å²) in [6.45, 7) is 2.51. The van der Waals surface area contributed by atoms with Gasteiger partial charge in [-0.25, -0.2) is 8.42 Å². The van der Waals surface area contributed by atoms with Gasteiger partial charge < -0.3 is 9.64 Å². The van der Waals surface area contributed by atoms with Gasteiger partial charge in [0.2, 0.25) is 10.0 Å². The minimum atomic E-state index is -3.29. The van der Waals surface area contributed by atoms with Crippen molar-refractivity contribution >= 4 is 27.3 Å². The van der Waals surface area contributed by atoms with E-state index >= 15 is 0 Å². The smallest absolute Gasteiger partial charge is 0.214 e. The van der Waals surface area contributed by atoms with E-state index in [1.54, 1.807) is 0 Å². The molecule has 1 aliphatic heterocycles. The molecule has 0 spiro atoms. The number of halogens is 1. The van der Waals surface area contributed by atoms with Crippen molar-refractivity contribution in [2.45, 2.75) is 19.4 Å². The number of benzene rings is 2.